The van der Waals surface area contributed by atoms with Crippen LogP contribution in [0.5, 0.6) is 5.75 Å². The second-order valence-corrected chi connectivity index (χ2v) is 7.93. The summed E-state index contributed by atoms with van der Waals surface area (Å²) in [6, 6.07) is 21.8. The van der Waals surface area contributed by atoms with Crippen LogP contribution in [0.25, 0.3) is 0 Å². The van der Waals surface area contributed by atoms with Gasteiger partial charge in [-0.3, -0.25) is 0 Å². The second-order valence-electron chi connectivity index (χ2n) is 7.93. The molecule has 0 amide bonds. The van der Waals surface area contributed by atoms with Crippen LogP contribution in [0.1, 0.15) is 24.0 Å². The summed E-state index contributed by atoms with van der Waals surface area (Å²) in [7, 11) is 0. The van der Waals surface area contributed by atoms with Gasteiger partial charge in [-0.25, -0.2) is 4.99 Å². The van der Waals surface area contributed by atoms with Crippen molar-refractivity contribution in [1.29, 1.82) is 10.5 Å². The number of ether oxygens (including phenoxy) is 3. The van der Waals surface area contributed by atoms with Crippen molar-refractivity contribution in [3.8, 4) is 17.9 Å². The molecule has 7 heteroatoms. The van der Waals surface area contributed by atoms with E-state index in [0.29, 0.717) is 19.0 Å². The molecule has 2 heterocycles. The lowest BCUT2D eigenvalue weighted by Crippen LogP contribution is -2.39. The second kappa shape index (κ2) is 6.30. The number of hydrogen-bond donors (Lipinski definition) is 1. The minimum absolute atomic E-state index is 0.0926. The number of aliphatic imine (C=N–C) groups is 1. The predicted octanol–water partition coefficient (Wildman–Crippen LogP) is 2.84. The van der Waals surface area contributed by atoms with E-state index in [2.05, 4.69) is 17.1 Å². The molecule has 0 aromatic heterocycles. The van der Waals surface area contributed by atoms with Gasteiger partial charge in [-0.2, -0.15) is 10.5 Å². The summed E-state index contributed by atoms with van der Waals surface area (Å²) in [5, 5.41) is 20.2. The van der Waals surface area contributed by atoms with Gasteiger partial charge in [0.05, 0.1) is 24.8 Å². The summed E-state index contributed by atoms with van der Waals surface area (Å²) in [5.41, 5.74) is 5.48. The van der Waals surface area contributed by atoms with Crippen molar-refractivity contribution >= 4 is 5.84 Å². The molecule has 0 unspecified atom stereocenters. The van der Waals surface area contributed by atoms with Crippen LogP contribution >= 0.6 is 0 Å². The fourth-order valence-electron chi connectivity index (χ4n) is 4.86. The SMILES string of the molecule is C[C@@H]1CO[C@]2(N=C(N)[C@@]3(C#N)[C@@H](c4ccc(OCc5ccccc5)cc4)[C@@]23C#N)O1. The molecule has 5 rings (SSSR count). The van der Waals surface area contributed by atoms with E-state index in [1.54, 1.807) is 0 Å². The molecule has 0 bridgehead atoms. The Morgan fingerprint density at radius 3 is 2.47 bits per heavy atom. The Bertz CT molecular complexity index is 1100. The molecule has 1 saturated carbocycles. The standard InChI is InChI=1S/C23H20N4O3/c1-15-11-29-23(30-15)22(14-25)19(21(22,13-24)20(26)27-23)17-7-9-18(10-8-17)28-12-16-5-3-2-4-6-16/h2-10,15,19H,11-12H2,1H3,(H2,26,27)/t15-,19-,21-,22-,23+/m1/s1. The number of nitrogens with two attached hydrogens (primary N) is 1. The first-order valence-corrected chi connectivity index (χ1v) is 9.80. The summed E-state index contributed by atoms with van der Waals surface area (Å²) < 4.78 is 17.6. The van der Waals surface area contributed by atoms with Gasteiger partial charge in [-0.15, -0.1) is 0 Å². The van der Waals surface area contributed by atoms with Crippen molar-refractivity contribution in [2.75, 3.05) is 6.61 Å². The molecular formula is C23H20N4O3. The normalized spacial score (nSPS) is 35.9. The van der Waals surface area contributed by atoms with Crippen LogP contribution in [0.15, 0.2) is 59.6 Å². The highest BCUT2D eigenvalue weighted by molar-refractivity contribution is 6.00. The average molecular weight is 400 g/mol. The van der Waals surface area contributed by atoms with Crippen molar-refractivity contribution in [1.82, 2.24) is 0 Å². The van der Waals surface area contributed by atoms with Gasteiger partial charge in [0.1, 0.15) is 23.6 Å². The quantitative estimate of drug-likeness (QED) is 0.844. The molecule has 2 N–H and O–H groups in total. The lowest BCUT2D eigenvalue weighted by Gasteiger charge is -2.26. The summed E-state index contributed by atoms with van der Waals surface area (Å²) in [4.78, 5) is 4.32. The third kappa shape index (κ3) is 2.16. The lowest BCUT2D eigenvalue weighted by molar-refractivity contribution is -0.193. The smallest absolute Gasteiger partial charge is 0.293 e. The van der Waals surface area contributed by atoms with Crippen LogP contribution in [-0.4, -0.2) is 24.5 Å². The summed E-state index contributed by atoms with van der Waals surface area (Å²) in [6.45, 7) is 2.59. The van der Waals surface area contributed by atoms with Crippen molar-refractivity contribution in [2.24, 2.45) is 21.6 Å². The maximum atomic E-state index is 10.2. The zero-order valence-corrected chi connectivity index (χ0v) is 16.4. The van der Waals surface area contributed by atoms with Crippen LogP contribution in [0.2, 0.25) is 0 Å². The fraction of sp³-hybridized carbons (Fsp3) is 0.348. The van der Waals surface area contributed by atoms with Crippen LogP contribution in [0, 0.1) is 33.5 Å². The van der Waals surface area contributed by atoms with Crippen molar-refractivity contribution in [3.63, 3.8) is 0 Å². The fourth-order valence-corrected chi connectivity index (χ4v) is 4.86. The summed E-state index contributed by atoms with van der Waals surface area (Å²) in [6.07, 6.45) is -0.240. The van der Waals surface area contributed by atoms with E-state index in [9.17, 15) is 10.5 Å². The van der Waals surface area contributed by atoms with Gasteiger partial charge in [0, 0.05) is 5.92 Å². The number of rotatable bonds is 4. The average Bonchev–Trinajstić information content (AvgIpc) is 3.16. The molecule has 2 fully saturated rings. The largest absolute Gasteiger partial charge is 0.489 e. The molecular weight excluding hydrogens is 380 g/mol. The lowest BCUT2D eigenvalue weighted by atomic mass is 9.94. The third-order valence-corrected chi connectivity index (χ3v) is 6.26. The van der Waals surface area contributed by atoms with Crippen LogP contribution in [0.4, 0.5) is 0 Å². The van der Waals surface area contributed by atoms with Crippen LogP contribution in [0.3, 0.4) is 0 Å². The first-order chi connectivity index (χ1) is 14.5. The van der Waals surface area contributed by atoms with Gasteiger partial charge in [0.15, 0.2) is 5.41 Å². The topological polar surface area (TPSA) is 114 Å². The molecule has 1 aliphatic carbocycles. The molecule has 5 atom stereocenters. The molecule has 30 heavy (non-hydrogen) atoms. The maximum absolute atomic E-state index is 10.2. The number of nitriles is 2. The highest BCUT2D eigenvalue weighted by Gasteiger charge is 2.94. The number of hydrogen-bond acceptors (Lipinski definition) is 7. The zero-order chi connectivity index (χ0) is 21.0. The predicted molar refractivity (Wildman–Crippen MR) is 107 cm³/mol. The van der Waals surface area contributed by atoms with Crippen LogP contribution < -0.4 is 10.5 Å². The third-order valence-electron chi connectivity index (χ3n) is 6.26. The molecule has 150 valence electrons. The molecule has 7 nitrogen and oxygen atoms in total. The molecule has 2 aromatic carbocycles. The highest BCUT2D eigenvalue weighted by atomic mass is 16.8. The van der Waals surface area contributed by atoms with Gasteiger partial charge in [-0.1, -0.05) is 42.5 Å². The Morgan fingerprint density at radius 2 is 1.87 bits per heavy atom. The van der Waals surface area contributed by atoms with E-state index < -0.39 is 22.7 Å². The Balaban J connectivity index is 1.44. The van der Waals surface area contributed by atoms with Crippen LogP contribution in [-0.2, 0) is 16.1 Å². The maximum Gasteiger partial charge on any atom is 0.293 e. The van der Waals surface area contributed by atoms with E-state index >= 15 is 0 Å². The van der Waals surface area contributed by atoms with E-state index in [0.717, 1.165) is 11.1 Å². The number of amidine groups is 1. The zero-order valence-electron chi connectivity index (χ0n) is 16.4. The van der Waals surface area contributed by atoms with Gasteiger partial charge in [0.25, 0.3) is 5.91 Å². The number of benzene rings is 2. The molecule has 2 aromatic rings. The molecule has 1 spiro atoms. The van der Waals surface area contributed by atoms with Gasteiger partial charge in [-0.05, 0) is 30.2 Å². The van der Waals surface area contributed by atoms with E-state index in [1.165, 1.54) is 0 Å². The Morgan fingerprint density at radius 1 is 1.13 bits per heavy atom. The molecule has 3 aliphatic rings. The monoisotopic (exact) mass is 400 g/mol. The molecule has 2 aliphatic heterocycles. The Labute approximate surface area is 174 Å². The van der Waals surface area contributed by atoms with E-state index in [-0.39, 0.29) is 11.9 Å². The minimum atomic E-state index is -1.53. The highest BCUT2D eigenvalue weighted by Crippen LogP contribution is 2.82. The minimum Gasteiger partial charge on any atom is -0.489 e. The van der Waals surface area contributed by atoms with Gasteiger partial charge < -0.3 is 19.9 Å². The first kappa shape index (κ1) is 18.6. The Kier molecular flexibility index (Phi) is 3.91. The number of fused-ring (bicyclic) bond motifs is 2. The molecule has 0 radical (unpaired) electrons. The Hall–Kier alpha value is -3.39. The van der Waals surface area contributed by atoms with Gasteiger partial charge >= 0.3 is 0 Å². The number of nitrogens with zero attached hydrogens (tertiary/aromatic N) is 3. The molecule has 1 saturated heterocycles. The van der Waals surface area contributed by atoms with Crippen molar-refractivity contribution in [3.05, 3.63) is 65.7 Å². The van der Waals surface area contributed by atoms with Crippen molar-refractivity contribution < 1.29 is 14.2 Å². The first-order valence-electron chi connectivity index (χ1n) is 9.80. The van der Waals surface area contributed by atoms with Crippen molar-refractivity contribution in [2.45, 2.75) is 31.5 Å². The van der Waals surface area contributed by atoms with Gasteiger partial charge in [0.2, 0.25) is 0 Å². The van der Waals surface area contributed by atoms with E-state index in [4.69, 9.17) is 19.9 Å². The summed E-state index contributed by atoms with van der Waals surface area (Å²) >= 11 is 0. The van der Waals surface area contributed by atoms with E-state index in [1.807, 2.05) is 61.5 Å². The summed E-state index contributed by atoms with van der Waals surface area (Å²) in [5.74, 6) is -1.24.